The van der Waals surface area contributed by atoms with Crippen LogP contribution in [0.2, 0.25) is 0 Å². The number of benzene rings is 1. The standard InChI is InChI=1S/C15H20N2O3/c1-4-9-19-13-7-5-6-8-14(13)20-15-12(10-18)11(2)16-17(15)3/h5-8,18H,4,9-10H2,1-3H3. The Labute approximate surface area is 118 Å². The second-order valence-electron chi connectivity index (χ2n) is 4.55. The number of rotatable bonds is 6. The van der Waals surface area contributed by atoms with Gasteiger partial charge in [-0.1, -0.05) is 19.1 Å². The van der Waals surface area contributed by atoms with Crippen LogP contribution in [0.15, 0.2) is 24.3 Å². The van der Waals surface area contributed by atoms with Crippen LogP contribution < -0.4 is 9.47 Å². The van der Waals surface area contributed by atoms with E-state index in [1.807, 2.05) is 31.2 Å². The molecule has 0 amide bonds. The normalized spacial score (nSPS) is 10.6. The lowest BCUT2D eigenvalue weighted by Crippen LogP contribution is -2.00. The van der Waals surface area contributed by atoms with Gasteiger partial charge in [0, 0.05) is 7.05 Å². The number of para-hydroxylation sites is 2. The number of aromatic nitrogens is 2. The van der Waals surface area contributed by atoms with Crippen molar-refractivity contribution in [1.29, 1.82) is 0 Å². The van der Waals surface area contributed by atoms with Crippen LogP contribution >= 0.6 is 0 Å². The van der Waals surface area contributed by atoms with Gasteiger partial charge in [0.25, 0.3) is 0 Å². The summed E-state index contributed by atoms with van der Waals surface area (Å²) >= 11 is 0. The number of aryl methyl sites for hydroxylation is 2. The van der Waals surface area contributed by atoms with Gasteiger partial charge in [-0.2, -0.15) is 5.10 Å². The van der Waals surface area contributed by atoms with Gasteiger partial charge >= 0.3 is 0 Å². The van der Waals surface area contributed by atoms with Gasteiger partial charge in [-0.3, -0.25) is 0 Å². The molecule has 2 rings (SSSR count). The van der Waals surface area contributed by atoms with E-state index in [2.05, 4.69) is 12.0 Å². The van der Waals surface area contributed by atoms with Crippen molar-refractivity contribution in [3.63, 3.8) is 0 Å². The predicted octanol–water partition coefficient (Wildman–Crippen LogP) is 2.80. The highest BCUT2D eigenvalue weighted by molar-refractivity contribution is 5.43. The van der Waals surface area contributed by atoms with E-state index in [4.69, 9.17) is 9.47 Å². The van der Waals surface area contributed by atoms with Crippen LogP contribution in [0, 0.1) is 6.92 Å². The molecule has 0 spiro atoms. The van der Waals surface area contributed by atoms with Crippen LogP contribution in [-0.2, 0) is 13.7 Å². The van der Waals surface area contributed by atoms with E-state index < -0.39 is 0 Å². The van der Waals surface area contributed by atoms with Crippen molar-refractivity contribution in [2.75, 3.05) is 6.61 Å². The fourth-order valence-corrected chi connectivity index (χ4v) is 1.96. The first-order valence-corrected chi connectivity index (χ1v) is 6.70. The van der Waals surface area contributed by atoms with Crippen LogP contribution in [0.4, 0.5) is 0 Å². The van der Waals surface area contributed by atoms with Gasteiger partial charge in [-0.25, -0.2) is 4.68 Å². The molecule has 1 aromatic heterocycles. The lowest BCUT2D eigenvalue weighted by atomic mass is 10.2. The first kappa shape index (κ1) is 14.4. The van der Waals surface area contributed by atoms with Gasteiger partial charge < -0.3 is 14.6 Å². The molecule has 1 heterocycles. The van der Waals surface area contributed by atoms with Crippen molar-refractivity contribution in [3.8, 4) is 17.4 Å². The average Bonchev–Trinajstić information content (AvgIpc) is 2.71. The molecule has 0 bridgehead atoms. The van der Waals surface area contributed by atoms with Crippen molar-refractivity contribution < 1.29 is 14.6 Å². The first-order chi connectivity index (χ1) is 9.67. The number of hydrogen-bond donors (Lipinski definition) is 1. The minimum Gasteiger partial charge on any atom is -0.490 e. The summed E-state index contributed by atoms with van der Waals surface area (Å²) in [6.07, 6.45) is 0.932. The highest BCUT2D eigenvalue weighted by atomic mass is 16.5. The molecule has 1 aromatic carbocycles. The van der Waals surface area contributed by atoms with Gasteiger partial charge in [-0.05, 0) is 25.5 Å². The predicted molar refractivity (Wildman–Crippen MR) is 76.2 cm³/mol. The molecule has 2 aromatic rings. The summed E-state index contributed by atoms with van der Waals surface area (Å²) in [5.74, 6) is 1.85. The van der Waals surface area contributed by atoms with Gasteiger partial charge in [-0.15, -0.1) is 0 Å². The van der Waals surface area contributed by atoms with Crippen molar-refractivity contribution in [2.24, 2.45) is 7.05 Å². The zero-order chi connectivity index (χ0) is 14.5. The Morgan fingerprint density at radius 3 is 2.60 bits per heavy atom. The third-order valence-corrected chi connectivity index (χ3v) is 2.96. The Bertz CT molecular complexity index is 578. The van der Waals surface area contributed by atoms with Crippen LogP contribution in [-0.4, -0.2) is 21.5 Å². The molecule has 5 heteroatoms. The summed E-state index contributed by atoms with van der Waals surface area (Å²) in [5.41, 5.74) is 1.45. The Morgan fingerprint density at radius 2 is 1.95 bits per heavy atom. The number of aliphatic hydroxyl groups is 1. The monoisotopic (exact) mass is 276 g/mol. The molecule has 0 aliphatic heterocycles. The summed E-state index contributed by atoms with van der Waals surface area (Å²) in [6.45, 7) is 4.43. The molecular formula is C15H20N2O3. The zero-order valence-corrected chi connectivity index (χ0v) is 12.1. The number of ether oxygens (including phenoxy) is 2. The van der Waals surface area contributed by atoms with Crippen LogP contribution in [0.3, 0.4) is 0 Å². The smallest absolute Gasteiger partial charge is 0.223 e. The van der Waals surface area contributed by atoms with Gasteiger partial charge in [0.05, 0.1) is 24.5 Å². The van der Waals surface area contributed by atoms with Gasteiger partial charge in [0.15, 0.2) is 11.5 Å². The summed E-state index contributed by atoms with van der Waals surface area (Å²) in [7, 11) is 1.79. The second kappa shape index (κ2) is 6.43. The third-order valence-electron chi connectivity index (χ3n) is 2.96. The minimum atomic E-state index is -0.104. The molecule has 0 unspecified atom stereocenters. The van der Waals surface area contributed by atoms with E-state index in [9.17, 15) is 5.11 Å². The lowest BCUT2D eigenvalue weighted by molar-refractivity contribution is 0.270. The van der Waals surface area contributed by atoms with Crippen molar-refractivity contribution in [1.82, 2.24) is 9.78 Å². The fraction of sp³-hybridized carbons (Fsp3) is 0.400. The molecule has 108 valence electrons. The Balaban J connectivity index is 2.30. The van der Waals surface area contributed by atoms with Crippen molar-refractivity contribution >= 4 is 0 Å². The molecule has 0 saturated carbocycles. The van der Waals surface area contributed by atoms with E-state index in [1.165, 1.54) is 0 Å². The highest BCUT2D eigenvalue weighted by Crippen LogP contribution is 2.33. The Hall–Kier alpha value is -2.01. The molecule has 0 aliphatic rings. The molecule has 0 radical (unpaired) electrons. The number of nitrogens with zero attached hydrogens (tertiary/aromatic N) is 2. The van der Waals surface area contributed by atoms with Crippen LogP contribution in [0.1, 0.15) is 24.6 Å². The van der Waals surface area contributed by atoms with Crippen molar-refractivity contribution in [2.45, 2.75) is 26.9 Å². The maximum Gasteiger partial charge on any atom is 0.223 e. The molecule has 5 nitrogen and oxygen atoms in total. The summed E-state index contributed by atoms with van der Waals surface area (Å²) in [5, 5.41) is 13.7. The van der Waals surface area contributed by atoms with Gasteiger partial charge in [0.1, 0.15) is 0 Å². The Kier molecular flexibility index (Phi) is 4.63. The molecule has 0 saturated heterocycles. The van der Waals surface area contributed by atoms with E-state index in [1.54, 1.807) is 11.7 Å². The molecule has 1 N–H and O–H groups in total. The van der Waals surface area contributed by atoms with E-state index in [0.717, 1.165) is 12.1 Å². The molecule has 20 heavy (non-hydrogen) atoms. The largest absolute Gasteiger partial charge is 0.490 e. The molecule has 0 atom stereocenters. The molecule has 0 aliphatic carbocycles. The Morgan fingerprint density at radius 1 is 1.25 bits per heavy atom. The zero-order valence-electron chi connectivity index (χ0n) is 12.1. The topological polar surface area (TPSA) is 56.5 Å². The summed E-state index contributed by atoms with van der Waals surface area (Å²) in [4.78, 5) is 0. The maximum absolute atomic E-state index is 9.44. The van der Waals surface area contributed by atoms with E-state index in [-0.39, 0.29) is 6.61 Å². The maximum atomic E-state index is 9.44. The van der Waals surface area contributed by atoms with E-state index >= 15 is 0 Å². The second-order valence-corrected chi connectivity index (χ2v) is 4.55. The third kappa shape index (κ3) is 2.93. The van der Waals surface area contributed by atoms with E-state index in [0.29, 0.717) is 29.5 Å². The number of hydrogen-bond acceptors (Lipinski definition) is 4. The average molecular weight is 276 g/mol. The lowest BCUT2D eigenvalue weighted by Gasteiger charge is -2.12. The highest BCUT2D eigenvalue weighted by Gasteiger charge is 2.16. The van der Waals surface area contributed by atoms with Crippen molar-refractivity contribution in [3.05, 3.63) is 35.5 Å². The van der Waals surface area contributed by atoms with Crippen LogP contribution in [0.5, 0.6) is 17.4 Å². The fourth-order valence-electron chi connectivity index (χ4n) is 1.96. The number of aliphatic hydroxyl groups excluding tert-OH is 1. The quantitative estimate of drug-likeness (QED) is 0.881. The summed E-state index contributed by atoms with van der Waals surface area (Å²) < 4.78 is 13.2. The minimum absolute atomic E-state index is 0.104. The van der Waals surface area contributed by atoms with Gasteiger partial charge in [0.2, 0.25) is 5.88 Å². The molecular weight excluding hydrogens is 256 g/mol. The first-order valence-electron chi connectivity index (χ1n) is 6.70. The SMILES string of the molecule is CCCOc1ccccc1Oc1c(CO)c(C)nn1C. The molecule has 0 fully saturated rings. The summed E-state index contributed by atoms with van der Waals surface area (Å²) in [6, 6.07) is 7.50. The van der Waals surface area contributed by atoms with Crippen LogP contribution in [0.25, 0.3) is 0 Å².